The standard InChI is InChI=1S/C22H23FN4O4/c1-4-14(2)24-20(28)19-21(29)26(13-15-8-7-9-16(12-15)31-3)22(30)27(25-19)18-11-6-5-10-17(18)23/h5-12,14H,4,13H2,1-3H3,(H,24,28)/t14-/m0/s1. The number of carbonyl (C=O) groups is 1. The van der Waals surface area contributed by atoms with Crippen molar-refractivity contribution in [3.05, 3.63) is 86.4 Å². The summed E-state index contributed by atoms with van der Waals surface area (Å²) in [5.74, 6) is -0.899. The average molecular weight is 426 g/mol. The van der Waals surface area contributed by atoms with E-state index in [2.05, 4.69) is 10.4 Å². The van der Waals surface area contributed by atoms with Gasteiger partial charge in [0.2, 0.25) is 5.69 Å². The first-order valence-corrected chi connectivity index (χ1v) is 9.78. The maximum Gasteiger partial charge on any atom is 0.352 e. The van der Waals surface area contributed by atoms with Crippen LogP contribution in [0.1, 0.15) is 36.3 Å². The van der Waals surface area contributed by atoms with Crippen molar-refractivity contribution in [2.24, 2.45) is 0 Å². The van der Waals surface area contributed by atoms with Gasteiger partial charge >= 0.3 is 5.69 Å². The minimum atomic E-state index is -0.863. The Morgan fingerprint density at radius 2 is 1.94 bits per heavy atom. The molecule has 0 unspecified atom stereocenters. The highest BCUT2D eigenvalue weighted by atomic mass is 19.1. The van der Waals surface area contributed by atoms with E-state index in [1.54, 1.807) is 31.2 Å². The van der Waals surface area contributed by atoms with Crippen LogP contribution in [-0.2, 0) is 6.54 Å². The first kappa shape index (κ1) is 21.9. The van der Waals surface area contributed by atoms with Crippen molar-refractivity contribution >= 4 is 5.91 Å². The zero-order chi connectivity index (χ0) is 22.5. The fourth-order valence-corrected chi connectivity index (χ4v) is 2.92. The van der Waals surface area contributed by atoms with Crippen LogP contribution in [0.2, 0.25) is 0 Å². The van der Waals surface area contributed by atoms with Crippen LogP contribution in [0.25, 0.3) is 5.69 Å². The number of hydrogen-bond donors (Lipinski definition) is 1. The highest BCUT2D eigenvalue weighted by Crippen LogP contribution is 2.13. The number of nitrogens with zero attached hydrogens (tertiary/aromatic N) is 3. The molecule has 0 fully saturated rings. The molecule has 3 aromatic rings. The van der Waals surface area contributed by atoms with Gasteiger partial charge in [-0.1, -0.05) is 31.2 Å². The molecule has 1 amide bonds. The molecule has 0 saturated heterocycles. The van der Waals surface area contributed by atoms with Crippen LogP contribution in [0, 0.1) is 5.82 Å². The third kappa shape index (κ3) is 4.71. The summed E-state index contributed by atoms with van der Waals surface area (Å²) >= 11 is 0. The molecular formula is C22H23FN4O4. The van der Waals surface area contributed by atoms with Gasteiger partial charge in [0.05, 0.1) is 13.7 Å². The Morgan fingerprint density at radius 3 is 2.61 bits per heavy atom. The Balaban J connectivity index is 2.20. The molecule has 0 aliphatic heterocycles. The molecule has 0 radical (unpaired) electrons. The fraction of sp³-hybridized carbons (Fsp3) is 0.273. The molecule has 0 bridgehead atoms. The quantitative estimate of drug-likeness (QED) is 0.625. The summed E-state index contributed by atoms with van der Waals surface area (Å²) in [5, 5.41) is 6.59. The Hall–Kier alpha value is -3.75. The summed E-state index contributed by atoms with van der Waals surface area (Å²) in [6.45, 7) is 3.51. The Kier molecular flexibility index (Phi) is 6.64. The molecule has 3 rings (SSSR count). The van der Waals surface area contributed by atoms with Crippen LogP contribution in [0.3, 0.4) is 0 Å². The third-order valence-electron chi connectivity index (χ3n) is 4.82. The van der Waals surface area contributed by atoms with Gasteiger partial charge in [-0.25, -0.2) is 9.18 Å². The highest BCUT2D eigenvalue weighted by Gasteiger charge is 2.22. The molecule has 8 nitrogen and oxygen atoms in total. The monoisotopic (exact) mass is 426 g/mol. The number of amides is 1. The highest BCUT2D eigenvalue weighted by molar-refractivity contribution is 5.91. The van der Waals surface area contributed by atoms with Crippen molar-refractivity contribution in [2.75, 3.05) is 7.11 Å². The predicted octanol–water partition coefficient (Wildman–Crippen LogP) is 2.12. The van der Waals surface area contributed by atoms with Crippen LogP contribution in [0.5, 0.6) is 5.75 Å². The third-order valence-corrected chi connectivity index (χ3v) is 4.82. The van der Waals surface area contributed by atoms with Crippen molar-refractivity contribution in [1.29, 1.82) is 0 Å². The smallest absolute Gasteiger partial charge is 0.352 e. The molecule has 2 aromatic carbocycles. The second-order valence-corrected chi connectivity index (χ2v) is 7.02. The number of rotatable bonds is 7. The molecule has 1 heterocycles. The van der Waals surface area contributed by atoms with E-state index in [1.165, 1.54) is 31.4 Å². The molecule has 0 aliphatic carbocycles. The number of hydrogen-bond acceptors (Lipinski definition) is 5. The number of aromatic nitrogens is 3. The number of halogens is 1. The van der Waals surface area contributed by atoms with Crippen LogP contribution < -0.4 is 21.3 Å². The van der Waals surface area contributed by atoms with Crippen molar-refractivity contribution in [2.45, 2.75) is 32.9 Å². The lowest BCUT2D eigenvalue weighted by molar-refractivity contribution is 0.0929. The van der Waals surface area contributed by atoms with E-state index in [4.69, 9.17) is 4.74 Å². The number of ether oxygens (including phenoxy) is 1. The van der Waals surface area contributed by atoms with Gasteiger partial charge in [0.25, 0.3) is 11.5 Å². The second kappa shape index (κ2) is 9.38. The zero-order valence-corrected chi connectivity index (χ0v) is 17.5. The Bertz CT molecular complexity index is 1220. The molecule has 162 valence electrons. The van der Waals surface area contributed by atoms with Crippen LogP contribution in [0.4, 0.5) is 4.39 Å². The Labute approximate surface area is 177 Å². The lowest BCUT2D eigenvalue weighted by Gasteiger charge is -2.14. The Morgan fingerprint density at radius 1 is 1.19 bits per heavy atom. The molecule has 0 aliphatic rings. The van der Waals surface area contributed by atoms with Crippen molar-refractivity contribution < 1.29 is 13.9 Å². The van der Waals surface area contributed by atoms with Gasteiger partial charge in [-0.2, -0.15) is 9.78 Å². The fourth-order valence-electron chi connectivity index (χ4n) is 2.92. The summed E-state index contributed by atoms with van der Waals surface area (Å²) < 4.78 is 21.2. The van der Waals surface area contributed by atoms with E-state index in [0.29, 0.717) is 17.7 Å². The summed E-state index contributed by atoms with van der Waals surface area (Å²) in [6, 6.07) is 12.1. The lowest BCUT2D eigenvalue weighted by Crippen LogP contribution is -2.47. The molecular weight excluding hydrogens is 403 g/mol. The molecule has 1 N–H and O–H groups in total. The minimum absolute atomic E-state index is 0.143. The summed E-state index contributed by atoms with van der Waals surface area (Å²) in [7, 11) is 1.50. The first-order valence-electron chi connectivity index (χ1n) is 9.78. The second-order valence-electron chi connectivity index (χ2n) is 7.02. The van der Waals surface area contributed by atoms with E-state index in [0.717, 1.165) is 9.25 Å². The summed E-state index contributed by atoms with van der Waals surface area (Å²) in [6.07, 6.45) is 0.636. The first-order chi connectivity index (χ1) is 14.8. The molecule has 9 heteroatoms. The van der Waals surface area contributed by atoms with Gasteiger partial charge < -0.3 is 10.1 Å². The SMILES string of the molecule is CC[C@H](C)NC(=O)c1nn(-c2ccccc2F)c(=O)n(Cc2cccc(OC)c2)c1=O. The molecule has 1 atom stereocenters. The summed E-state index contributed by atoms with van der Waals surface area (Å²) in [5.41, 5.74) is -1.78. The lowest BCUT2D eigenvalue weighted by atomic mass is 10.2. The normalized spacial score (nSPS) is 11.7. The average Bonchev–Trinajstić information content (AvgIpc) is 2.77. The minimum Gasteiger partial charge on any atom is -0.497 e. The van der Waals surface area contributed by atoms with Gasteiger partial charge in [-0.3, -0.25) is 14.2 Å². The largest absolute Gasteiger partial charge is 0.497 e. The van der Waals surface area contributed by atoms with Crippen molar-refractivity contribution in [3.8, 4) is 11.4 Å². The van der Waals surface area contributed by atoms with Crippen LogP contribution in [-0.4, -0.2) is 33.4 Å². The molecule has 0 saturated carbocycles. The van der Waals surface area contributed by atoms with E-state index < -0.39 is 28.7 Å². The molecule has 1 aromatic heterocycles. The number of benzene rings is 2. The number of nitrogens with one attached hydrogen (secondary N) is 1. The van der Waals surface area contributed by atoms with Crippen LogP contribution in [0.15, 0.2) is 58.1 Å². The maximum atomic E-state index is 14.4. The van der Waals surface area contributed by atoms with E-state index in [-0.39, 0.29) is 18.3 Å². The van der Waals surface area contributed by atoms with E-state index >= 15 is 0 Å². The number of carbonyl (C=O) groups excluding carboxylic acids is 1. The van der Waals surface area contributed by atoms with E-state index in [9.17, 15) is 18.8 Å². The van der Waals surface area contributed by atoms with Gasteiger partial charge in [0.15, 0.2) is 0 Å². The molecule has 0 spiro atoms. The van der Waals surface area contributed by atoms with E-state index in [1.807, 2.05) is 6.92 Å². The van der Waals surface area contributed by atoms with Crippen molar-refractivity contribution in [1.82, 2.24) is 19.7 Å². The van der Waals surface area contributed by atoms with Crippen molar-refractivity contribution in [3.63, 3.8) is 0 Å². The zero-order valence-electron chi connectivity index (χ0n) is 17.5. The number of para-hydroxylation sites is 1. The van der Waals surface area contributed by atoms with Crippen LogP contribution >= 0.6 is 0 Å². The molecule has 31 heavy (non-hydrogen) atoms. The van der Waals surface area contributed by atoms with Gasteiger partial charge in [-0.05, 0) is 43.2 Å². The number of methoxy groups -OCH3 is 1. The van der Waals surface area contributed by atoms with Gasteiger partial charge in [0, 0.05) is 6.04 Å². The predicted molar refractivity (Wildman–Crippen MR) is 113 cm³/mol. The van der Waals surface area contributed by atoms with Gasteiger partial charge in [-0.15, -0.1) is 0 Å². The topological polar surface area (TPSA) is 95.2 Å². The summed E-state index contributed by atoms with van der Waals surface area (Å²) in [4.78, 5) is 38.8. The maximum absolute atomic E-state index is 14.4. The van der Waals surface area contributed by atoms with Gasteiger partial charge in [0.1, 0.15) is 17.3 Å².